The van der Waals surface area contributed by atoms with E-state index in [0.29, 0.717) is 5.75 Å². The average Bonchev–Trinajstić information content (AvgIpc) is 1.95. The number of esters is 1. The number of carbonyl (C=O) groups excluding carboxylic acids is 1. The second-order valence-corrected chi connectivity index (χ2v) is 7.41. The zero-order chi connectivity index (χ0) is 12.3. The first-order valence-electron chi connectivity index (χ1n) is 5.14. The molecule has 0 unspecified atom stereocenters. The van der Waals surface area contributed by atoms with Crippen LogP contribution in [-0.2, 0) is 9.53 Å². The van der Waals surface area contributed by atoms with Gasteiger partial charge in [-0.1, -0.05) is 20.8 Å². The highest BCUT2D eigenvalue weighted by Crippen LogP contribution is 2.23. The standard InChI is InChI=1S/C11H23NO2S/c1-10(2,3)14-9(13)8(12)7-15-11(4,5)6/h8H,7,12H2,1-6H3/t8-/m1/s1. The zero-order valence-electron chi connectivity index (χ0n) is 10.6. The summed E-state index contributed by atoms with van der Waals surface area (Å²) in [6.07, 6.45) is 0. The molecule has 0 aliphatic heterocycles. The number of rotatable bonds is 3. The van der Waals surface area contributed by atoms with Crippen LogP contribution in [0, 0.1) is 0 Å². The molecule has 2 N–H and O–H groups in total. The normalized spacial score (nSPS) is 14.9. The second-order valence-electron chi connectivity index (χ2n) is 5.56. The minimum Gasteiger partial charge on any atom is -0.459 e. The first-order chi connectivity index (χ1) is 6.51. The van der Waals surface area contributed by atoms with Crippen molar-refractivity contribution >= 4 is 17.7 Å². The van der Waals surface area contributed by atoms with Gasteiger partial charge in [0.1, 0.15) is 11.6 Å². The van der Waals surface area contributed by atoms with Gasteiger partial charge in [-0.15, -0.1) is 0 Å². The van der Waals surface area contributed by atoms with E-state index in [-0.39, 0.29) is 10.7 Å². The van der Waals surface area contributed by atoms with Gasteiger partial charge < -0.3 is 10.5 Å². The molecule has 90 valence electrons. The predicted molar refractivity (Wildman–Crippen MR) is 66.0 cm³/mol. The van der Waals surface area contributed by atoms with Crippen LogP contribution in [0.25, 0.3) is 0 Å². The van der Waals surface area contributed by atoms with E-state index in [9.17, 15) is 4.79 Å². The molecule has 4 heteroatoms. The summed E-state index contributed by atoms with van der Waals surface area (Å²) in [5, 5.41) is 0. The van der Waals surface area contributed by atoms with Crippen molar-refractivity contribution < 1.29 is 9.53 Å². The van der Waals surface area contributed by atoms with Gasteiger partial charge in [-0.25, -0.2) is 0 Å². The second kappa shape index (κ2) is 5.21. The van der Waals surface area contributed by atoms with E-state index in [1.165, 1.54) is 0 Å². The summed E-state index contributed by atoms with van der Waals surface area (Å²) in [6.45, 7) is 11.8. The lowest BCUT2D eigenvalue weighted by molar-refractivity contribution is -0.155. The van der Waals surface area contributed by atoms with E-state index in [1.807, 2.05) is 20.8 Å². The minimum atomic E-state index is -0.534. The third-order valence-electron chi connectivity index (χ3n) is 1.41. The lowest BCUT2D eigenvalue weighted by atomic mass is 10.2. The molecule has 0 fully saturated rings. The van der Waals surface area contributed by atoms with E-state index < -0.39 is 11.6 Å². The number of thioether (sulfide) groups is 1. The maximum atomic E-state index is 11.5. The third-order valence-corrected chi connectivity index (χ3v) is 2.80. The number of carbonyl (C=O) groups is 1. The van der Waals surface area contributed by atoms with Gasteiger partial charge in [0.2, 0.25) is 0 Å². The molecule has 0 aliphatic rings. The van der Waals surface area contributed by atoms with Gasteiger partial charge in [0.25, 0.3) is 0 Å². The summed E-state index contributed by atoms with van der Waals surface area (Å²) < 4.78 is 5.31. The van der Waals surface area contributed by atoms with Crippen LogP contribution in [0.2, 0.25) is 0 Å². The molecule has 0 spiro atoms. The SMILES string of the molecule is CC(C)(C)OC(=O)[C@H](N)CSC(C)(C)C. The van der Waals surface area contributed by atoms with E-state index in [4.69, 9.17) is 10.5 Å². The molecule has 3 nitrogen and oxygen atoms in total. The van der Waals surface area contributed by atoms with Crippen molar-refractivity contribution in [1.82, 2.24) is 0 Å². The molecule has 1 atom stereocenters. The molecule has 0 radical (unpaired) electrons. The summed E-state index contributed by atoms with van der Waals surface area (Å²) in [4.78, 5) is 11.5. The van der Waals surface area contributed by atoms with Crippen molar-refractivity contribution in [3.05, 3.63) is 0 Å². The fourth-order valence-electron chi connectivity index (χ4n) is 0.785. The van der Waals surface area contributed by atoms with Gasteiger partial charge in [-0.2, -0.15) is 11.8 Å². The first kappa shape index (κ1) is 14.8. The van der Waals surface area contributed by atoms with E-state index >= 15 is 0 Å². The molecular weight excluding hydrogens is 210 g/mol. The number of ether oxygens (including phenoxy) is 1. The Balaban J connectivity index is 4.01. The molecule has 15 heavy (non-hydrogen) atoms. The molecule has 0 bridgehead atoms. The lowest BCUT2D eigenvalue weighted by Gasteiger charge is -2.24. The number of hydrogen-bond donors (Lipinski definition) is 1. The fraction of sp³-hybridized carbons (Fsp3) is 0.909. The van der Waals surface area contributed by atoms with Crippen LogP contribution in [0.4, 0.5) is 0 Å². The molecule has 0 aromatic rings. The summed E-state index contributed by atoms with van der Waals surface area (Å²) in [6, 6.07) is -0.534. The molecule has 0 aromatic carbocycles. The van der Waals surface area contributed by atoms with Crippen molar-refractivity contribution in [2.24, 2.45) is 5.73 Å². The van der Waals surface area contributed by atoms with Gasteiger partial charge in [-0.3, -0.25) is 4.79 Å². The Morgan fingerprint density at radius 2 is 1.73 bits per heavy atom. The minimum absolute atomic E-state index is 0.125. The van der Waals surface area contributed by atoms with Gasteiger partial charge in [0, 0.05) is 10.5 Å². The Kier molecular flexibility index (Phi) is 5.14. The van der Waals surface area contributed by atoms with Crippen LogP contribution in [0.15, 0.2) is 0 Å². The van der Waals surface area contributed by atoms with Crippen molar-refractivity contribution in [3.63, 3.8) is 0 Å². The largest absolute Gasteiger partial charge is 0.459 e. The maximum absolute atomic E-state index is 11.5. The van der Waals surface area contributed by atoms with Crippen LogP contribution in [0.3, 0.4) is 0 Å². The van der Waals surface area contributed by atoms with Crippen molar-refractivity contribution in [1.29, 1.82) is 0 Å². The molecule has 0 heterocycles. The Morgan fingerprint density at radius 3 is 2.07 bits per heavy atom. The van der Waals surface area contributed by atoms with Gasteiger partial charge in [0.15, 0.2) is 0 Å². The summed E-state index contributed by atoms with van der Waals surface area (Å²) in [5.74, 6) is 0.276. The molecule has 0 aromatic heterocycles. The quantitative estimate of drug-likeness (QED) is 0.759. The number of hydrogen-bond acceptors (Lipinski definition) is 4. The summed E-state index contributed by atoms with van der Waals surface area (Å²) in [5.41, 5.74) is 5.28. The van der Waals surface area contributed by atoms with Crippen LogP contribution in [0.5, 0.6) is 0 Å². The van der Waals surface area contributed by atoms with Gasteiger partial charge >= 0.3 is 5.97 Å². The fourth-order valence-corrected chi connectivity index (χ4v) is 1.60. The van der Waals surface area contributed by atoms with Gasteiger partial charge in [-0.05, 0) is 20.8 Å². The molecule has 0 saturated carbocycles. The van der Waals surface area contributed by atoms with Crippen LogP contribution < -0.4 is 5.73 Å². The summed E-state index contributed by atoms with van der Waals surface area (Å²) >= 11 is 1.67. The Bertz CT molecular complexity index is 216. The Morgan fingerprint density at radius 1 is 1.27 bits per heavy atom. The molecule has 0 saturated heterocycles. The molecule has 0 amide bonds. The zero-order valence-corrected chi connectivity index (χ0v) is 11.4. The maximum Gasteiger partial charge on any atom is 0.324 e. The van der Waals surface area contributed by atoms with Crippen molar-refractivity contribution in [2.75, 3.05) is 5.75 Å². The topological polar surface area (TPSA) is 52.3 Å². The van der Waals surface area contributed by atoms with Crippen LogP contribution in [0.1, 0.15) is 41.5 Å². The Hall–Kier alpha value is -0.220. The lowest BCUT2D eigenvalue weighted by Crippen LogP contribution is -2.39. The summed E-state index contributed by atoms with van der Waals surface area (Å²) in [7, 11) is 0. The highest BCUT2D eigenvalue weighted by atomic mass is 32.2. The average molecular weight is 233 g/mol. The highest BCUT2D eigenvalue weighted by molar-refractivity contribution is 8.00. The van der Waals surface area contributed by atoms with Gasteiger partial charge in [0.05, 0.1) is 0 Å². The molecular formula is C11H23NO2S. The van der Waals surface area contributed by atoms with E-state index in [1.54, 1.807) is 11.8 Å². The van der Waals surface area contributed by atoms with Crippen LogP contribution in [-0.4, -0.2) is 28.1 Å². The highest BCUT2D eigenvalue weighted by Gasteiger charge is 2.23. The predicted octanol–water partition coefficient (Wildman–Crippen LogP) is 2.19. The Labute approximate surface area is 97.1 Å². The van der Waals surface area contributed by atoms with Crippen molar-refractivity contribution in [2.45, 2.75) is 57.9 Å². The smallest absolute Gasteiger partial charge is 0.324 e. The van der Waals surface area contributed by atoms with Crippen molar-refractivity contribution in [3.8, 4) is 0 Å². The third kappa shape index (κ3) is 8.75. The van der Waals surface area contributed by atoms with E-state index in [0.717, 1.165) is 0 Å². The first-order valence-corrected chi connectivity index (χ1v) is 6.12. The van der Waals surface area contributed by atoms with E-state index in [2.05, 4.69) is 20.8 Å². The monoisotopic (exact) mass is 233 g/mol. The number of nitrogens with two attached hydrogens (primary N) is 1. The van der Waals surface area contributed by atoms with Crippen LogP contribution >= 0.6 is 11.8 Å². The molecule has 0 aliphatic carbocycles. The molecule has 0 rings (SSSR count).